The zero-order valence-corrected chi connectivity index (χ0v) is 21.4. The molecule has 30 heavy (non-hydrogen) atoms. The third kappa shape index (κ3) is 8.68. The van der Waals surface area contributed by atoms with Gasteiger partial charge < -0.3 is 18.6 Å². The third-order valence-corrected chi connectivity index (χ3v) is 10.8. The molecule has 2 rings (SSSR count). The minimum Gasteiger partial charge on any atom is -0.455 e. The molecule has 1 aromatic rings. The van der Waals surface area contributed by atoms with Crippen molar-refractivity contribution >= 4 is 42.0 Å². The topological polar surface area (TPSA) is 54.0 Å². The maximum atomic E-state index is 11.8. The molecule has 5 nitrogen and oxygen atoms in total. The highest BCUT2D eigenvalue weighted by Crippen LogP contribution is 2.26. The standard InChI is InChI=1S/C22H31BrO5SSi/c1-5-25-21-14-13-20(28-30(3,4)16-23)22(27-21)19(26-17(2)24)12-9-15-29-18-10-7-6-8-11-18/h6-14,19-22H,5,15-16H2,1-4H3/b12-9+/t19-,20-,21-,22+/m0/s1. The molecular formula is C22H31BrO5SSi. The van der Waals surface area contributed by atoms with Gasteiger partial charge in [0.1, 0.15) is 12.2 Å². The molecule has 0 spiro atoms. The van der Waals surface area contributed by atoms with E-state index in [1.807, 2.05) is 49.4 Å². The molecular weight excluding hydrogens is 484 g/mol. The van der Waals surface area contributed by atoms with Gasteiger partial charge in [-0.1, -0.05) is 46.3 Å². The van der Waals surface area contributed by atoms with Crippen molar-refractivity contribution in [1.29, 1.82) is 0 Å². The van der Waals surface area contributed by atoms with Crippen LogP contribution >= 0.6 is 27.7 Å². The largest absolute Gasteiger partial charge is 0.455 e. The molecule has 1 aromatic carbocycles. The number of carbonyl (C=O) groups excluding carboxylic acids is 1. The van der Waals surface area contributed by atoms with Crippen LogP contribution in [-0.2, 0) is 23.4 Å². The maximum absolute atomic E-state index is 11.8. The van der Waals surface area contributed by atoms with Gasteiger partial charge in [-0.25, -0.2) is 0 Å². The van der Waals surface area contributed by atoms with Crippen molar-refractivity contribution in [3.63, 3.8) is 0 Å². The summed E-state index contributed by atoms with van der Waals surface area (Å²) in [7, 11) is -1.94. The van der Waals surface area contributed by atoms with Crippen LogP contribution in [-0.4, -0.2) is 56.2 Å². The molecule has 8 heteroatoms. The Morgan fingerprint density at radius 1 is 1.30 bits per heavy atom. The second-order valence-electron chi connectivity index (χ2n) is 7.41. The summed E-state index contributed by atoms with van der Waals surface area (Å²) >= 11 is 5.26. The Labute approximate surface area is 193 Å². The number of thioether (sulfide) groups is 1. The Balaban J connectivity index is 2.15. The molecule has 0 bridgehead atoms. The SMILES string of the molecule is CCO[C@@H]1C=C[C@H](O[Si](C)(C)CBr)[C@@H]([C@H](/C=C/CSc2ccccc2)OC(C)=O)O1. The minimum atomic E-state index is -1.94. The average Bonchev–Trinajstić information content (AvgIpc) is 2.72. The van der Waals surface area contributed by atoms with Gasteiger partial charge in [0.15, 0.2) is 14.6 Å². The van der Waals surface area contributed by atoms with Crippen LogP contribution in [0.5, 0.6) is 0 Å². The van der Waals surface area contributed by atoms with Crippen molar-refractivity contribution in [2.45, 2.75) is 56.4 Å². The van der Waals surface area contributed by atoms with Gasteiger partial charge >= 0.3 is 5.97 Å². The predicted molar refractivity (Wildman–Crippen MR) is 127 cm³/mol. The zero-order valence-electron chi connectivity index (χ0n) is 18.0. The first kappa shape index (κ1) is 25.4. The van der Waals surface area contributed by atoms with Crippen LogP contribution in [0, 0.1) is 0 Å². The summed E-state index contributed by atoms with van der Waals surface area (Å²) in [6.45, 7) is 8.12. The molecule has 0 unspecified atom stereocenters. The molecule has 0 radical (unpaired) electrons. The molecule has 0 fully saturated rings. The second kappa shape index (κ2) is 12.8. The van der Waals surface area contributed by atoms with Gasteiger partial charge in [0, 0.05) is 29.1 Å². The van der Waals surface area contributed by atoms with Gasteiger partial charge in [0.05, 0.1) is 6.10 Å². The molecule has 0 N–H and O–H groups in total. The van der Waals surface area contributed by atoms with E-state index in [1.54, 1.807) is 11.8 Å². The highest BCUT2D eigenvalue weighted by Gasteiger charge is 2.38. The molecule has 4 atom stereocenters. The van der Waals surface area contributed by atoms with Crippen molar-refractivity contribution in [3.8, 4) is 0 Å². The average molecular weight is 516 g/mol. The third-order valence-electron chi connectivity index (χ3n) is 4.22. The number of esters is 1. The molecule has 0 aromatic heterocycles. The first-order valence-corrected chi connectivity index (χ1v) is 15.3. The number of hydrogen-bond acceptors (Lipinski definition) is 6. The number of benzene rings is 1. The maximum Gasteiger partial charge on any atom is 0.303 e. The van der Waals surface area contributed by atoms with E-state index in [-0.39, 0.29) is 12.1 Å². The van der Waals surface area contributed by atoms with Crippen molar-refractivity contribution in [1.82, 2.24) is 0 Å². The Morgan fingerprint density at radius 3 is 2.67 bits per heavy atom. The summed E-state index contributed by atoms with van der Waals surface area (Å²) < 4.78 is 23.8. The molecule has 1 aliphatic heterocycles. The molecule has 166 valence electrons. The summed E-state index contributed by atoms with van der Waals surface area (Å²) in [4.78, 5) is 13.8. The normalized spacial score (nSPS) is 22.9. The van der Waals surface area contributed by atoms with Crippen molar-refractivity contribution < 1.29 is 23.4 Å². The number of ether oxygens (including phenoxy) is 3. The Kier molecular flexibility index (Phi) is 10.8. The predicted octanol–water partition coefficient (Wildman–Crippen LogP) is 5.11. The lowest BCUT2D eigenvalue weighted by atomic mass is 10.0. The van der Waals surface area contributed by atoms with E-state index >= 15 is 0 Å². The van der Waals surface area contributed by atoms with Crippen molar-refractivity contribution in [2.75, 3.05) is 17.3 Å². The van der Waals surface area contributed by atoms with E-state index in [0.29, 0.717) is 6.61 Å². The number of rotatable bonds is 11. The van der Waals surface area contributed by atoms with Crippen LogP contribution in [0.25, 0.3) is 0 Å². The lowest BCUT2D eigenvalue weighted by Crippen LogP contribution is -2.50. The van der Waals surface area contributed by atoms with Gasteiger partial charge in [-0.15, -0.1) is 11.8 Å². The molecule has 1 heterocycles. The number of halogens is 1. The van der Waals surface area contributed by atoms with Gasteiger partial charge in [0.25, 0.3) is 0 Å². The summed E-state index contributed by atoms with van der Waals surface area (Å²) in [5.74, 6) is 0.397. The van der Waals surface area contributed by atoms with E-state index in [4.69, 9.17) is 18.6 Å². The summed E-state index contributed by atoms with van der Waals surface area (Å²) in [5.41, 5.74) is 0. The fourth-order valence-corrected chi connectivity index (χ4v) is 5.03. The number of carbonyl (C=O) groups is 1. The zero-order chi connectivity index (χ0) is 22.0. The molecule has 0 saturated heterocycles. The second-order valence-corrected chi connectivity index (χ2v) is 14.2. The van der Waals surface area contributed by atoms with E-state index in [9.17, 15) is 4.79 Å². The van der Waals surface area contributed by atoms with Crippen LogP contribution in [0.3, 0.4) is 0 Å². The van der Waals surface area contributed by atoms with Crippen LogP contribution in [0.4, 0.5) is 0 Å². The fourth-order valence-electron chi connectivity index (χ4n) is 2.88. The molecule has 1 aliphatic rings. The Morgan fingerprint density at radius 2 is 2.03 bits per heavy atom. The van der Waals surface area contributed by atoms with E-state index in [0.717, 1.165) is 10.7 Å². The smallest absolute Gasteiger partial charge is 0.303 e. The first-order chi connectivity index (χ1) is 14.3. The van der Waals surface area contributed by atoms with Crippen LogP contribution < -0.4 is 0 Å². The quantitative estimate of drug-likeness (QED) is 0.134. The van der Waals surface area contributed by atoms with Crippen molar-refractivity contribution in [3.05, 3.63) is 54.6 Å². The lowest BCUT2D eigenvalue weighted by molar-refractivity contribution is -0.196. The van der Waals surface area contributed by atoms with Gasteiger partial charge in [-0.2, -0.15) is 0 Å². The highest BCUT2D eigenvalue weighted by atomic mass is 79.9. The Bertz CT molecular complexity index is 713. The van der Waals surface area contributed by atoms with Gasteiger partial charge in [-0.05, 0) is 44.3 Å². The number of hydrogen-bond donors (Lipinski definition) is 0. The summed E-state index contributed by atoms with van der Waals surface area (Å²) in [5, 5.41) is 0. The van der Waals surface area contributed by atoms with Gasteiger partial charge in [0.2, 0.25) is 0 Å². The van der Waals surface area contributed by atoms with Gasteiger partial charge in [-0.3, -0.25) is 4.79 Å². The van der Waals surface area contributed by atoms with Crippen LogP contribution in [0.1, 0.15) is 13.8 Å². The lowest BCUT2D eigenvalue weighted by Gasteiger charge is -2.38. The fraction of sp³-hybridized carbons (Fsp3) is 0.500. The van der Waals surface area contributed by atoms with Crippen LogP contribution in [0.2, 0.25) is 13.1 Å². The minimum absolute atomic E-state index is 0.323. The van der Waals surface area contributed by atoms with E-state index < -0.39 is 26.8 Å². The molecule has 0 amide bonds. The molecule has 0 saturated carbocycles. The summed E-state index contributed by atoms with van der Waals surface area (Å²) in [6.07, 6.45) is 5.86. The molecule has 0 aliphatic carbocycles. The van der Waals surface area contributed by atoms with E-state index in [1.165, 1.54) is 11.8 Å². The highest BCUT2D eigenvalue weighted by molar-refractivity contribution is 9.09. The van der Waals surface area contributed by atoms with Crippen LogP contribution in [0.15, 0.2) is 59.5 Å². The van der Waals surface area contributed by atoms with Crippen molar-refractivity contribution in [2.24, 2.45) is 0 Å². The number of alkyl halides is 1. The first-order valence-electron chi connectivity index (χ1n) is 10.1. The summed E-state index contributed by atoms with van der Waals surface area (Å²) in [6, 6.07) is 10.2. The Hall–Kier alpha value is -0.903. The monoisotopic (exact) mass is 514 g/mol. The van der Waals surface area contributed by atoms with E-state index in [2.05, 4.69) is 41.2 Å².